The van der Waals surface area contributed by atoms with Crippen LogP contribution in [0, 0.1) is 5.92 Å². The van der Waals surface area contributed by atoms with E-state index in [0.717, 1.165) is 18.6 Å². The number of likely N-dealkylation sites (tertiary alicyclic amines) is 1. The van der Waals surface area contributed by atoms with Crippen LogP contribution in [0.5, 0.6) is 5.75 Å². The Bertz CT molecular complexity index is 816. The first-order valence-corrected chi connectivity index (χ1v) is 9.61. The topological polar surface area (TPSA) is 89.4 Å². The van der Waals surface area contributed by atoms with E-state index >= 15 is 0 Å². The molecule has 2 amide bonds. The molecule has 1 unspecified atom stereocenters. The van der Waals surface area contributed by atoms with Crippen molar-refractivity contribution in [2.45, 2.75) is 32.7 Å². The number of carbonyl (C=O) groups is 2. The van der Waals surface area contributed by atoms with E-state index in [-0.39, 0.29) is 17.9 Å². The molecular formula is C20H27N5O3. The van der Waals surface area contributed by atoms with Gasteiger partial charge in [-0.1, -0.05) is 19.1 Å². The summed E-state index contributed by atoms with van der Waals surface area (Å²) in [5.74, 6) is 0.859. The Morgan fingerprint density at radius 1 is 1.29 bits per heavy atom. The molecule has 3 rings (SSSR count). The highest BCUT2D eigenvalue weighted by molar-refractivity contribution is 5.94. The number of nitrogens with one attached hydrogen (secondary N) is 1. The van der Waals surface area contributed by atoms with Crippen LogP contribution >= 0.6 is 0 Å². The molecule has 1 atom stereocenters. The number of amides is 2. The second-order valence-electron chi connectivity index (χ2n) is 7.46. The molecule has 1 aromatic carbocycles. The molecule has 0 radical (unpaired) electrons. The minimum atomic E-state index is -0.220. The van der Waals surface area contributed by atoms with Crippen LogP contribution < -0.4 is 10.1 Å². The van der Waals surface area contributed by atoms with E-state index in [1.165, 1.54) is 0 Å². The van der Waals surface area contributed by atoms with E-state index in [0.29, 0.717) is 36.8 Å². The first-order chi connectivity index (χ1) is 13.5. The van der Waals surface area contributed by atoms with Crippen LogP contribution in [0.3, 0.4) is 0 Å². The zero-order valence-electron chi connectivity index (χ0n) is 16.6. The zero-order valence-corrected chi connectivity index (χ0v) is 16.6. The Morgan fingerprint density at radius 3 is 2.71 bits per heavy atom. The van der Waals surface area contributed by atoms with Gasteiger partial charge in [-0.25, -0.2) is 4.68 Å². The highest BCUT2D eigenvalue weighted by Gasteiger charge is 2.27. The first-order valence-electron chi connectivity index (χ1n) is 9.61. The number of methoxy groups -OCH3 is 1. The van der Waals surface area contributed by atoms with Crippen LogP contribution in [-0.2, 0) is 0 Å². The van der Waals surface area contributed by atoms with Crippen molar-refractivity contribution in [1.29, 1.82) is 0 Å². The molecule has 1 N–H and O–H groups in total. The maximum Gasteiger partial charge on any atom is 0.273 e. The smallest absolute Gasteiger partial charge is 0.273 e. The van der Waals surface area contributed by atoms with Crippen molar-refractivity contribution in [2.75, 3.05) is 26.7 Å². The molecule has 1 aromatic heterocycles. The zero-order chi connectivity index (χ0) is 20.1. The summed E-state index contributed by atoms with van der Waals surface area (Å²) in [5, 5.41) is 11.0. The summed E-state index contributed by atoms with van der Waals surface area (Å²) in [6.07, 6.45) is 3.44. The summed E-state index contributed by atoms with van der Waals surface area (Å²) in [4.78, 5) is 26.8. The summed E-state index contributed by atoms with van der Waals surface area (Å²) in [5.41, 5.74) is 0.938. The maximum absolute atomic E-state index is 12.8. The van der Waals surface area contributed by atoms with Gasteiger partial charge in [-0.15, -0.1) is 5.10 Å². The summed E-state index contributed by atoms with van der Waals surface area (Å²) in [6, 6.07) is 7.13. The standard InChI is InChI=1S/C20H27N5O3/c1-14(2)11-21-19(26)18-13-25(23-22-18)16-5-4-10-24(12-16)20(27)15-6-8-17(28-3)9-7-15/h6-9,13-14,16H,4-5,10-12H2,1-3H3,(H,21,26). The van der Waals surface area contributed by atoms with E-state index < -0.39 is 0 Å². The Morgan fingerprint density at radius 2 is 2.04 bits per heavy atom. The fourth-order valence-electron chi connectivity index (χ4n) is 3.22. The van der Waals surface area contributed by atoms with E-state index in [4.69, 9.17) is 4.74 Å². The van der Waals surface area contributed by atoms with Gasteiger partial charge in [0, 0.05) is 25.2 Å². The van der Waals surface area contributed by atoms with E-state index in [1.807, 2.05) is 18.7 Å². The second kappa shape index (κ2) is 8.86. The van der Waals surface area contributed by atoms with Crippen LogP contribution in [-0.4, -0.2) is 58.5 Å². The van der Waals surface area contributed by atoms with Crippen molar-refractivity contribution in [3.63, 3.8) is 0 Å². The highest BCUT2D eigenvalue weighted by atomic mass is 16.5. The van der Waals surface area contributed by atoms with Crippen molar-refractivity contribution >= 4 is 11.8 Å². The number of ether oxygens (including phenoxy) is 1. The number of aromatic nitrogens is 3. The molecule has 0 bridgehead atoms. The molecule has 1 fully saturated rings. The quantitative estimate of drug-likeness (QED) is 0.823. The average molecular weight is 385 g/mol. The van der Waals surface area contributed by atoms with Gasteiger partial charge in [0.05, 0.1) is 19.3 Å². The molecule has 1 saturated heterocycles. The molecule has 1 aliphatic heterocycles. The largest absolute Gasteiger partial charge is 0.497 e. The molecule has 8 heteroatoms. The molecular weight excluding hydrogens is 358 g/mol. The van der Waals surface area contributed by atoms with Crippen LogP contribution in [0.1, 0.15) is 53.6 Å². The molecule has 0 aliphatic carbocycles. The number of carbonyl (C=O) groups excluding carboxylic acids is 2. The molecule has 2 heterocycles. The van der Waals surface area contributed by atoms with Gasteiger partial charge in [-0.2, -0.15) is 0 Å². The summed E-state index contributed by atoms with van der Waals surface area (Å²) >= 11 is 0. The maximum atomic E-state index is 12.8. The molecule has 0 spiro atoms. The van der Waals surface area contributed by atoms with E-state index in [2.05, 4.69) is 15.6 Å². The van der Waals surface area contributed by atoms with E-state index in [1.54, 1.807) is 42.3 Å². The monoisotopic (exact) mass is 385 g/mol. The van der Waals surface area contributed by atoms with Crippen LogP contribution in [0.15, 0.2) is 30.5 Å². The summed E-state index contributed by atoms with van der Waals surface area (Å²) in [6.45, 7) is 5.92. The highest BCUT2D eigenvalue weighted by Crippen LogP contribution is 2.23. The van der Waals surface area contributed by atoms with Gasteiger partial charge in [-0.3, -0.25) is 9.59 Å². The Kier molecular flexibility index (Phi) is 6.28. The lowest BCUT2D eigenvalue weighted by Gasteiger charge is -2.32. The number of rotatable bonds is 6. The van der Waals surface area contributed by atoms with E-state index in [9.17, 15) is 9.59 Å². The summed E-state index contributed by atoms with van der Waals surface area (Å²) in [7, 11) is 1.60. The normalized spacial score (nSPS) is 16.9. The average Bonchev–Trinajstić information content (AvgIpc) is 3.22. The molecule has 0 saturated carbocycles. The Balaban J connectivity index is 1.64. The predicted molar refractivity (Wildman–Crippen MR) is 104 cm³/mol. The first kappa shape index (κ1) is 19.9. The van der Waals surface area contributed by atoms with Crippen molar-refractivity contribution in [2.24, 2.45) is 5.92 Å². The molecule has 1 aliphatic rings. The predicted octanol–water partition coefficient (Wildman–Crippen LogP) is 2.15. The van der Waals surface area contributed by atoms with Crippen molar-refractivity contribution < 1.29 is 14.3 Å². The summed E-state index contributed by atoms with van der Waals surface area (Å²) < 4.78 is 6.85. The minimum Gasteiger partial charge on any atom is -0.497 e. The van der Waals surface area contributed by atoms with Crippen LogP contribution in [0.25, 0.3) is 0 Å². The molecule has 28 heavy (non-hydrogen) atoms. The second-order valence-corrected chi connectivity index (χ2v) is 7.46. The lowest BCUT2D eigenvalue weighted by atomic mass is 10.0. The third-order valence-electron chi connectivity index (χ3n) is 4.81. The van der Waals surface area contributed by atoms with Gasteiger partial charge in [0.25, 0.3) is 11.8 Å². The SMILES string of the molecule is COc1ccc(C(=O)N2CCCC(n3cc(C(=O)NCC(C)C)nn3)C2)cc1. The van der Waals surface area contributed by atoms with Gasteiger partial charge in [0.15, 0.2) is 5.69 Å². The number of hydrogen-bond donors (Lipinski definition) is 1. The number of hydrogen-bond acceptors (Lipinski definition) is 5. The lowest BCUT2D eigenvalue weighted by Crippen LogP contribution is -2.40. The van der Waals surface area contributed by atoms with Gasteiger partial charge in [0.2, 0.25) is 0 Å². The molecule has 8 nitrogen and oxygen atoms in total. The Labute approximate surface area is 164 Å². The fraction of sp³-hybridized carbons (Fsp3) is 0.500. The Hall–Kier alpha value is -2.90. The molecule has 2 aromatic rings. The number of benzene rings is 1. The van der Waals surface area contributed by atoms with Crippen LogP contribution in [0.4, 0.5) is 0 Å². The molecule has 150 valence electrons. The van der Waals surface area contributed by atoms with Crippen molar-refractivity contribution in [1.82, 2.24) is 25.2 Å². The van der Waals surface area contributed by atoms with Crippen molar-refractivity contribution in [3.05, 3.63) is 41.7 Å². The van der Waals surface area contributed by atoms with Gasteiger partial charge in [-0.05, 0) is 43.0 Å². The van der Waals surface area contributed by atoms with Crippen molar-refractivity contribution in [3.8, 4) is 5.75 Å². The minimum absolute atomic E-state index is 0.00935. The number of piperidine rings is 1. The van der Waals surface area contributed by atoms with Crippen LogP contribution in [0.2, 0.25) is 0 Å². The number of nitrogens with zero attached hydrogens (tertiary/aromatic N) is 4. The fourth-order valence-corrected chi connectivity index (χ4v) is 3.22. The third kappa shape index (κ3) is 4.68. The van der Waals surface area contributed by atoms with Gasteiger partial charge >= 0.3 is 0 Å². The van der Waals surface area contributed by atoms with Gasteiger partial charge in [0.1, 0.15) is 5.75 Å². The van der Waals surface area contributed by atoms with Gasteiger partial charge < -0.3 is 15.0 Å². The third-order valence-corrected chi connectivity index (χ3v) is 4.81. The lowest BCUT2D eigenvalue weighted by molar-refractivity contribution is 0.0671.